The smallest absolute Gasteiger partial charge is 0.137 e. The van der Waals surface area contributed by atoms with Crippen LogP contribution in [0.3, 0.4) is 0 Å². The molecule has 0 amide bonds. The minimum absolute atomic E-state index is 0.0550. The molecule has 0 bridgehead atoms. The van der Waals surface area contributed by atoms with Gasteiger partial charge in [0.05, 0.1) is 11.1 Å². The van der Waals surface area contributed by atoms with Gasteiger partial charge in [0.15, 0.2) is 0 Å². The predicted molar refractivity (Wildman–Crippen MR) is 373 cm³/mol. The van der Waals surface area contributed by atoms with Crippen LogP contribution in [0.25, 0.3) is 66.1 Å². The van der Waals surface area contributed by atoms with Crippen molar-refractivity contribution in [3.05, 3.63) is 313 Å². The van der Waals surface area contributed by atoms with Crippen LogP contribution in [-0.2, 0) is 10.8 Å². The van der Waals surface area contributed by atoms with Gasteiger partial charge in [-0.1, -0.05) is 210 Å². The van der Waals surface area contributed by atoms with Crippen LogP contribution in [0.1, 0.15) is 49.9 Å². The summed E-state index contributed by atoms with van der Waals surface area (Å²) in [5.41, 5.74) is 24.5. The van der Waals surface area contributed by atoms with E-state index in [1.807, 2.05) is 66.7 Å². The third kappa shape index (κ3) is 10.5. The van der Waals surface area contributed by atoms with Gasteiger partial charge in [0, 0.05) is 107 Å². The molecule has 16 rings (SSSR count). The highest BCUT2D eigenvalue weighted by atomic mass is 16.3. The van der Waals surface area contributed by atoms with E-state index in [2.05, 4.69) is 300 Å². The quantitative estimate of drug-likeness (QED) is 0.151. The Hall–Kier alpha value is -10.6. The van der Waals surface area contributed by atoms with E-state index in [9.17, 15) is 0 Å². The molecule has 0 unspecified atom stereocenters. The maximum Gasteiger partial charge on any atom is 0.137 e. The minimum atomic E-state index is 0.0550. The van der Waals surface area contributed by atoms with Gasteiger partial charge in [-0.3, -0.25) is 0 Å². The lowest BCUT2D eigenvalue weighted by molar-refractivity contribution is 0.660. The maximum atomic E-state index is 5.95. The van der Waals surface area contributed by atoms with Gasteiger partial charge in [0.1, 0.15) is 22.3 Å². The van der Waals surface area contributed by atoms with Crippen molar-refractivity contribution >= 4 is 89.4 Å². The van der Waals surface area contributed by atoms with E-state index >= 15 is 0 Å². The Kier molecular flexibility index (Phi) is 15.2. The van der Waals surface area contributed by atoms with E-state index in [0.717, 1.165) is 55.9 Å². The second-order valence-electron chi connectivity index (χ2n) is 23.9. The molecule has 12 aromatic carbocycles. The molecule has 0 atom stereocenters. The molecule has 0 saturated carbocycles. The zero-order chi connectivity index (χ0) is 60.5. The predicted octanol–water partition coefficient (Wildman–Crippen LogP) is 22.2. The first-order chi connectivity index (χ1) is 42.9. The lowest BCUT2D eigenvalue weighted by Crippen LogP contribution is -2.16. The summed E-state index contributed by atoms with van der Waals surface area (Å²) in [6.45, 7) is 9.29. The van der Waals surface area contributed by atoms with E-state index in [4.69, 9.17) is 8.83 Å². The molecule has 0 N–H and O–H groups in total. The summed E-state index contributed by atoms with van der Waals surface area (Å²) in [7, 11) is 8.44. The van der Waals surface area contributed by atoms with Crippen LogP contribution < -0.4 is 19.6 Å². The molecule has 6 heteroatoms. The first-order valence-electron chi connectivity index (χ1n) is 30.3. The van der Waals surface area contributed by atoms with Crippen molar-refractivity contribution in [1.82, 2.24) is 0 Å². The number of anilines is 8. The SMILES string of the molecule is CN(c1ccccc1)c1ccc2c(c1)C(C)(C)c1ccccc1-2.CN(c1ccccc1)c1ccc2c(c1)oc1ccccc12.CN(c1ccccc1)c1cccc2c1-c1ccccc1C2(C)C.CN(c1ccccc1)c1cccc2oc3ccccc3c12. The van der Waals surface area contributed by atoms with Crippen LogP contribution in [-0.4, -0.2) is 28.2 Å². The fourth-order valence-electron chi connectivity index (χ4n) is 13.1. The average Bonchev–Trinajstić information content (AvgIpc) is 1.73. The van der Waals surface area contributed by atoms with E-state index in [0.29, 0.717) is 0 Å². The fourth-order valence-corrected chi connectivity index (χ4v) is 13.1. The number of benzene rings is 12. The van der Waals surface area contributed by atoms with Crippen LogP contribution >= 0.6 is 0 Å². The van der Waals surface area contributed by atoms with Crippen LogP contribution in [0.2, 0.25) is 0 Å². The lowest BCUT2D eigenvalue weighted by atomic mass is 9.82. The Morgan fingerprint density at radius 1 is 0.250 bits per heavy atom. The van der Waals surface area contributed by atoms with Crippen molar-refractivity contribution in [2.45, 2.75) is 38.5 Å². The Morgan fingerprint density at radius 3 is 1.25 bits per heavy atom. The van der Waals surface area contributed by atoms with Crippen LogP contribution in [0.5, 0.6) is 0 Å². The summed E-state index contributed by atoms with van der Waals surface area (Å²) in [4.78, 5) is 8.90. The molecule has 2 heterocycles. The minimum Gasteiger partial charge on any atom is -0.456 e. The third-order valence-corrected chi connectivity index (χ3v) is 18.0. The molecule has 0 fully saturated rings. The highest BCUT2D eigenvalue weighted by Crippen LogP contribution is 2.53. The molecule has 14 aromatic rings. The summed E-state index contributed by atoms with van der Waals surface area (Å²) >= 11 is 0. The molecule has 0 aliphatic heterocycles. The van der Waals surface area contributed by atoms with E-state index in [-0.39, 0.29) is 10.8 Å². The molecule has 0 radical (unpaired) electrons. The summed E-state index contributed by atoms with van der Waals surface area (Å²) < 4.78 is 11.9. The first kappa shape index (κ1) is 56.6. The maximum absolute atomic E-state index is 5.95. The van der Waals surface area contributed by atoms with E-state index < -0.39 is 0 Å². The summed E-state index contributed by atoms with van der Waals surface area (Å²) in [5, 5.41) is 4.66. The standard InChI is InChI=1S/2C22H21N.2C19H15NO/c1-22(2)18-13-8-7-12-17(18)21-19(22)14-9-15-20(21)23(3)16-10-5-4-6-11-16;1-22(2)20-12-8-7-11-18(20)19-14-13-17(15-21(19)22)23(3)16-9-5-4-6-10-16;1-20(14-8-3-2-4-9-14)16-11-7-13-18-19(16)15-10-5-6-12-17(15)21-18;1-20(14-7-3-2-4-8-14)15-11-12-17-16-9-5-6-10-18(16)21-19(17)13-15/h2*4-15H,1-3H3;2*2-13H,1H3. The molecule has 88 heavy (non-hydrogen) atoms. The average molecular weight is 1150 g/mol. The number of hydrogen-bond donors (Lipinski definition) is 0. The molecular weight excluding hydrogens is 1070 g/mol. The van der Waals surface area contributed by atoms with Gasteiger partial charge in [-0.2, -0.15) is 0 Å². The Labute approximate surface area is 517 Å². The van der Waals surface area contributed by atoms with Crippen molar-refractivity contribution in [3.63, 3.8) is 0 Å². The topological polar surface area (TPSA) is 39.2 Å². The zero-order valence-corrected chi connectivity index (χ0v) is 51.3. The molecule has 432 valence electrons. The van der Waals surface area contributed by atoms with Gasteiger partial charge in [0.25, 0.3) is 0 Å². The Balaban J connectivity index is 0.000000108. The van der Waals surface area contributed by atoms with Crippen molar-refractivity contribution in [2.24, 2.45) is 0 Å². The number of rotatable bonds is 8. The third-order valence-electron chi connectivity index (χ3n) is 18.0. The van der Waals surface area contributed by atoms with Crippen molar-refractivity contribution in [1.29, 1.82) is 0 Å². The Morgan fingerprint density at radius 2 is 0.636 bits per heavy atom. The molecule has 0 spiro atoms. The summed E-state index contributed by atoms with van der Waals surface area (Å²) in [6, 6.07) is 102. The van der Waals surface area contributed by atoms with Gasteiger partial charge in [-0.15, -0.1) is 0 Å². The second-order valence-corrected chi connectivity index (χ2v) is 23.9. The van der Waals surface area contributed by atoms with Crippen molar-refractivity contribution in [3.8, 4) is 22.3 Å². The number of nitrogens with zero attached hydrogens (tertiary/aromatic N) is 4. The number of fused-ring (bicyclic) bond motifs is 12. The normalized spacial score (nSPS) is 12.7. The van der Waals surface area contributed by atoms with Crippen molar-refractivity contribution < 1.29 is 8.83 Å². The largest absolute Gasteiger partial charge is 0.456 e. The molecule has 2 aliphatic carbocycles. The van der Waals surface area contributed by atoms with Crippen LogP contribution in [0, 0.1) is 0 Å². The Bertz CT molecular complexity index is 4750. The van der Waals surface area contributed by atoms with Gasteiger partial charge < -0.3 is 28.4 Å². The van der Waals surface area contributed by atoms with Gasteiger partial charge in [-0.25, -0.2) is 0 Å². The van der Waals surface area contributed by atoms with E-state index in [1.54, 1.807) is 0 Å². The number of para-hydroxylation sites is 6. The van der Waals surface area contributed by atoms with E-state index in [1.165, 1.54) is 78.0 Å². The van der Waals surface area contributed by atoms with Crippen LogP contribution in [0.15, 0.2) is 300 Å². The van der Waals surface area contributed by atoms with Crippen LogP contribution in [0.4, 0.5) is 45.5 Å². The first-order valence-corrected chi connectivity index (χ1v) is 30.3. The second kappa shape index (κ2) is 23.7. The molecule has 2 aromatic heterocycles. The number of furan rings is 2. The zero-order valence-electron chi connectivity index (χ0n) is 51.3. The summed E-state index contributed by atoms with van der Waals surface area (Å²) in [5.74, 6) is 0. The highest BCUT2D eigenvalue weighted by Gasteiger charge is 2.38. The molecular formula is C82H72N4O2. The van der Waals surface area contributed by atoms with Gasteiger partial charge >= 0.3 is 0 Å². The fraction of sp³-hybridized carbons (Fsp3) is 0.122. The van der Waals surface area contributed by atoms with Gasteiger partial charge in [0.2, 0.25) is 0 Å². The molecule has 6 nitrogen and oxygen atoms in total. The molecule has 2 aliphatic rings. The lowest BCUT2D eigenvalue weighted by Gasteiger charge is -2.25. The van der Waals surface area contributed by atoms with Crippen molar-refractivity contribution in [2.75, 3.05) is 47.8 Å². The van der Waals surface area contributed by atoms with Gasteiger partial charge in [-0.05, 0) is 142 Å². The summed E-state index contributed by atoms with van der Waals surface area (Å²) in [6.07, 6.45) is 0. The molecule has 0 saturated heterocycles. The monoisotopic (exact) mass is 1140 g/mol. The number of hydrogen-bond acceptors (Lipinski definition) is 6. The highest BCUT2D eigenvalue weighted by molar-refractivity contribution is 6.12.